The molecule has 0 unspecified atom stereocenters. The van der Waals surface area contributed by atoms with Gasteiger partial charge in [-0.25, -0.2) is 4.79 Å². The number of aliphatic hydroxyl groups is 1. The summed E-state index contributed by atoms with van der Waals surface area (Å²) >= 11 is 0. The molecule has 0 radical (unpaired) electrons. The second kappa shape index (κ2) is 2.17. The SMILES string of the molecule is C[N+]1(C)CC(=O)C(=CO)C1=O. The topological polar surface area (TPSA) is 54.4 Å². The van der Waals surface area contributed by atoms with Gasteiger partial charge in [0.1, 0.15) is 6.26 Å². The first-order valence-electron chi connectivity index (χ1n) is 3.24. The van der Waals surface area contributed by atoms with E-state index in [9.17, 15) is 9.59 Å². The maximum atomic E-state index is 11.2. The van der Waals surface area contributed by atoms with Crippen LogP contribution in [0.1, 0.15) is 0 Å². The van der Waals surface area contributed by atoms with E-state index in [4.69, 9.17) is 5.11 Å². The van der Waals surface area contributed by atoms with E-state index >= 15 is 0 Å². The molecule has 0 aliphatic carbocycles. The van der Waals surface area contributed by atoms with E-state index in [1.807, 2.05) is 0 Å². The lowest BCUT2D eigenvalue weighted by atomic mass is 10.2. The molecule has 11 heavy (non-hydrogen) atoms. The van der Waals surface area contributed by atoms with Crippen LogP contribution in [-0.2, 0) is 9.59 Å². The van der Waals surface area contributed by atoms with Crippen molar-refractivity contribution in [3.05, 3.63) is 11.8 Å². The summed E-state index contributed by atoms with van der Waals surface area (Å²) in [6.45, 7) is 0.144. The van der Waals surface area contributed by atoms with Gasteiger partial charge < -0.3 is 5.11 Å². The third kappa shape index (κ3) is 1.05. The molecule has 60 valence electrons. The Labute approximate surface area is 64.3 Å². The molecule has 0 saturated carbocycles. The number of ketones is 1. The van der Waals surface area contributed by atoms with Gasteiger partial charge in [0.2, 0.25) is 5.78 Å². The number of quaternary nitrogens is 1. The van der Waals surface area contributed by atoms with Crippen LogP contribution in [0.3, 0.4) is 0 Å². The molecule has 0 aromatic rings. The Hall–Kier alpha value is -1.16. The van der Waals surface area contributed by atoms with Crippen molar-refractivity contribution in [1.29, 1.82) is 0 Å². The van der Waals surface area contributed by atoms with Crippen LogP contribution in [0.25, 0.3) is 0 Å². The molecule has 1 fully saturated rings. The van der Waals surface area contributed by atoms with Crippen molar-refractivity contribution >= 4 is 11.7 Å². The maximum Gasteiger partial charge on any atom is 0.352 e. The van der Waals surface area contributed by atoms with Crippen LogP contribution in [0.5, 0.6) is 0 Å². The summed E-state index contributed by atoms with van der Waals surface area (Å²) in [6.07, 6.45) is 0.595. The Morgan fingerprint density at radius 3 is 2.18 bits per heavy atom. The molecular formula is C7H10NO3+. The van der Waals surface area contributed by atoms with E-state index in [1.165, 1.54) is 0 Å². The Kier molecular flexibility index (Phi) is 1.56. The molecule has 1 amide bonds. The Bertz CT molecular complexity index is 252. The van der Waals surface area contributed by atoms with Gasteiger partial charge in [0, 0.05) is 0 Å². The van der Waals surface area contributed by atoms with Crippen LogP contribution in [-0.4, -0.2) is 41.9 Å². The summed E-state index contributed by atoms with van der Waals surface area (Å²) in [5.74, 6) is -0.611. The molecule has 0 spiro atoms. The van der Waals surface area contributed by atoms with Crippen LogP contribution in [0.2, 0.25) is 0 Å². The van der Waals surface area contributed by atoms with Crippen molar-refractivity contribution in [3.8, 4) is 0 Å². The molecule has 4 heteroatoms. The van der Waals surface area contributed by atoms with Gasteiger partial charge in [-0.05, 0) is 0 Å². The number of aliphatic hydroxyl groups excluding tert-OH is 1. The van der Waals surface area contributed by atoms with E-state index in [0.29, 0.717) is 6.26 Å². The minimum atomic E-state index is -0.322. The second-order valence-corrected chi connectivity index (χ2v) is 3.11. The second-order valence-electron chi connectivity index (χ2n) is 3.11. The lowest BCUT2D eigenvalue weighted by Crippen LogP contribution is -2.41. The molecular weight excluding hydrogens is 146 g/mol. The molecule has 1 heterocycles. The number of carbonyl (C=O) groups is 2. The molecule has 1 aliphatic rings. The summed E-state index contributed by atoms with van der Waals surface area (Å²) in [5.41, 5.74) is -0.0880. The third-order valence-corrected chi connectivity index (χ3v) is 1.75. The molecule has 1 saturated heterocycles. The molecule has 0 bridgehead atoms. The highest BCUT2D eigenvalue weighted by molar-refractivity contribution is 6.21. The van der Waals surface area contributed by atoms with Gasteiger partial charge in [-0.3, -0.25) is 9.28 Å². The summed E-state index contributed by atoms with van der Waals surface area (Å²) in [4.78, 5) is 22.2. The fraction of sp³-hybridized carbons (Fsp3) is 0.429. The van der Waals surface area contributed by atoms with E-state index in [2.05, 4.69) is 0 Å². The molecule has 0 aromatic carbocycles. The van der Waals surface area contributed by atoms with Gasteiger partial charge in [-0.15, -0.1) is 0 Å². The fourth-order valence-corrected chi connectivity index (χ4v) is 1.09. The lowest BCUT2D eigenvalue weighted by molar-refractivity contribution is -0.798. The monoisotopic (exact) mass is 156 g/mol. The summed E-state index contributed by atoms with van der Waals surface area (Å²) in [5, 5.41) is 8.53. The predicted molar refractivity (Wildman–Crippen MR) is 37.7 cm³/mol. The number of nitrogens with zero attached hydrogens (tertiary/aromatic N) is 1. The van der Waals surface area contributed by atoms with Crippen LogP contribution >= 0.6 is 0 Å². The molecule has 1 rings (SSSR count). The van der Waals surface area contributed by atoms with Crippen molar-refractivity contribution < 1.29 is 19.2 Å². The number of hydrogen-bond donors (Lipinski definition) is 1. The maximum absolute atomic E-state index is 11.2. The summed E-state index contributed by atoms with van der Waals surface area (Å²) < 4.78 is 0.00519. The highest BCUT2D eigenvalue weighted by Gasteiger charge is 2.44. The van der Waals surface area contributed by atoms with Crippen LogP contribution < -0.4 is 0 Å². The number of likely N-dealkylation sites (N-methyl/N-ethyl adjacent to an activating group) is 1. The smallest absolute Gasteiger partial charge is 0.352 e. The molecule has 0 atom stereocenters. The van der Waals surface area contributed by atoms with Gasteiger partial charge >= 0.3 is 5.91 Å². The number of carbonyl (C=O) groups excluding carboxylic acids is 2. The van der Waals surface area contributed by atoms with Crippen molar-refractivity contribution in [2.45, 2.75) is 0 Å². The minimum Gasteiger partial charge on any atom is -0.514 e. The lowest BCUT2D eigenvalue weighted by Gasteiger charge is -2.16. The van der Waals surface area contributed by atoms with E-state index < -0.39 is 0 Å². The van der Waals surface area contributed by atoms with Gasteiger partial charge in [-0.2, -0.15) is 0 Å². The fourth-order valence-electron chi connectivity index (χ4n) is 1.09. The first-order chi connectivity index (χ1) is 4.99. The Balaban J connectivity index is 3.08. The zero-order valence-corrected chi connectivity index (χ0v) is 6.50. The van der Waals surface area contributed by atoms with Crippen molar-refractivity contribution in [1.82, 2.24) is 0 Å². The van der Waals surface area contributed by atoms with Crippen LogP contribution in [0.15, 0.2) is 11.8 Å². The molecule has 1 aliphatic heterocycles. The van der Waals surface area contributed by atoms with Crippen molar-refractivity contribution in [2.24, 2.45) is 0 Å². The van der Waals surface area contributed by atoms with Gasteiger partial charge in [-0.1, -0.05) is 0 Å². The van der Waals surface area contributed by atoms with Crippen LogP contribution in [0.4, 0.5) is 0 Å². The van der Waals surface area contributed by atoms with Crippen molar-refractivity contribution in [3.63, 3.8) is 0 Å². The number of hydrogen-bond acceptors (Lipinski definition) is 3. The minimum absolute atomic E-state index is 0.00519. The first kappa shape index (κ1) is 7.94. The van der Waals surface area contributed by atoms with E-state index in [-0.39, 0.29) is 28.3 Å². The number of rotatable bonds is 0. The number of likely N-dealkylation sites (tertiary alicyclic amines) is 1. The quantitative estimate of drug-likeness (QED) is 0.225. The van der Waals surface area contributed by atoms with Gasteiger partial charge in [0.05, 0.1) is 14.1 Å². The predicted octanol–water partition coefficient (Wildman–Crippen LogP) is -0.386. The van der Waals surface area contributed by atoms with E-state index in [0.717, 1.165) is 0 Å². The average molecular weight is 156 g/mol. The summed E-state index contributed by atoms with van der Waals surface area (Å²) in [7, 11) is 3.27. The van der Waals surface area contributed by atoms with E-state index in [1.54, 1.807) is 14.1 Å². The zero-order chi connectivity index (χ0) is 8.65. The van der Waals surface area contributed by atoms with Crippen LogP contribution in [0, 0.1) is 0 Å². The normalized spacial score (nSPS) is 26.5. The summed E-state index contributed by atoms with van der Waals surface area (Å²) in [6, 6.07) is 0. The molecule has 4 nitrogen and oxygen atoms in total. The number of amides is 1. The van der Waals surface area contributed by atoms with Gasteiger partial charge in [0.15, 0.2) is 12.1 Å². The Morgan fingerprint density at radius 2 is 2.00 bits per heavy atom. The molecule has 0 aromatic heterocycles. The highest BCUT2D eigenvalue weighted by atomic mass is 16.2. The first-order valence-corrected chi connectivity index (χ1v) is 3.24. The van der Waals surface area contributed by atoms with Gasteiger partial charge in [0.25, 0.3) is 0 Å². The Morgan fingerprint density at radius 1 is 1.45 bits per heavy atom. The number of Topliss-reactive ketones (excluding diaryl/α,β-unsaturated/α-hetero) is 1. The zero-order valence-electron chi connectivity index (χ0n) is 6.50. The molecule has 1 N–H and O–H groups in total. The standard InChI is InChI=1S/C7H9NO3/c1-8(2)3-6(10)5(4-9)7(8)11/h4H,3H2,1-2H3/p+1. The largest absolute Gasteiger partial charge is 0.514 e. The average Bonchev–Trinajstić information content (AvgIpc) is 2.04. The van der Waals surface area contributed by atoms with Crippen molar-refractivity contribution in [2.75, 3.05) is 20.6 Å². The third-order valence-electron chi connectivity index (χ3n) is 1.75. The highest BCUT2D eigenvalue weighted by Crippen LogP contribution is 2.17.